The Balaban J connectivity index is 3.15. The first kappa shape index (κ1) is 12.0. The Bertz CT molecular complexity index is 298. The highest BCUT2D eigenvalue weighted by molar-refractivity contribution is 6.46. The van der Waals surface area contributed by atoms with Gasteiger partial charge in [-0.25, -0.2) is 4.39 Å². The molecular weight excluding hydrogens is 259 g/mol. The van der Waals surface area contributed by atoms with Gasteiger partial charge in [0.25, 0.3) is 4.59 Å². The first-order chi connectivity index (χ1) is 6.21. The third-order valence-electron chi connectivity index (χ3n) is 1.52. The van der Waals surface area contributed by atoms with Crippen LogP contribution in [0, 0.1) is 0 Å². The van der Waals surface area contributed by atoms with E-state index in [2.05, 4.69) is 0 Å². The van der Waals surface area contributed by atoms with Crippen LogP contribution in [0.1, 0.15) is 11.1 Å². The minimum absolute atomic E-state index is 0.279. The molecule has 0 radical (unpaired) electrons. The summed E-state index contributed by atoms with van der Waals surface area (Å²) in [5, 5.41) is -3.56. The van der Waals surface area contributed by atoms with Gasteiger partial charge in [-0.05, 0) is 17.7 Å². The Hall–Kier alpha value is -0.120. The zero-order valence-corrected chi connectivity index (χ0v) is 8.84. The topological polar surface area (TPSA) is 0 Å². The third-order valence-corrected chi connectivity index (χ3v) is 2.17. The first-order valence-electron chi connectivity index (χ1n) is 3.46. The fraction of sp³-hybridized carbons (Fsp3) is 0.250. The van der Waals surface area contributed by atoms with E-state index >= 15 is 0 Å². The SMILES string of the molecule is FC(F)(Cl)c1cccc(C(F)(Cl)Cl)c1. The lowest BCUT2D eigenvalue weighted by Gasteiger charge is -2.13. The van der Waals surface area contributed by atoms with E-state index in [0.29, 0.717) is 0 Å². The maximum atomic E-state index is 12.9. The van der Waals surface area contributed by atoms with E-state index in [-0.39, 0.29) is 5.56 Å². The van der Waals surface area contributed by atoms with Gasteiger partial charge < -0.3 is 0 Å². The van der Waals surface area contributed by atoms with E-state index < -0.39 is 15.5 Å². The quantitative estimate of drug-likeness (QED) is 0.688. The highest BCUT2D eigenvalue weighted by Gasteiger charge is 2.31. The van der Waals surface area contributed by atoms with E-state index in [1.54, 1.807) is 0 Å². The Morgan fingerprint density at radius 3 is 1.86 bits per heavy atom. The van der Waals surface area contributed by atoms with E-state index in [1.165, 1.54) is 12.1 Å². The van der Waals surface area contributed by atoms with Crippen LogP contribution in [0.4, 0.5) is 13.2 Å². The summed E-state index contributed by atoms with van der Waals surface area (Å²) in [6, 6.07) is 4.25. The maximum absolute atomic E-state index is 12.9. The standard InChI is InChI=1S/C8H4Cl3F3/c9-7(10,12)5-2-1-3-6(4-5)8(11,13)14/h1-4H. The molecule has 0 nitrogen and oxygen atoms in total. The average Bonchev–Trinajstić information content (AvgIpc) is 2.01. The maximum Gasteiger partial charge on any atom is 0.348 e. The number of halogens is 6. The zero-order valence-electron chi connectivity index (χ0n) is 6.58. The van der Waals surface area contributed by atoms with Crippen LogP contribution in [0.15, 0.2) is 24.3 Å². The van der Waals surface area contributed by atoms with Gasteiger partial charge in [-0.3, -0.25) is 0 Å². The predicted octanol–water partition coefficient (Wildman–Crippen LogP) is 4.53. The molecule has 0 aliphatic heterocycles. The van der Waals surface area contributed by atoms with Gasteiger partial charge in [-0.1, -0.05) is 41.4 Å². The van der Waals surface area contributed by atoms with Crippen LogP contribution < -0.4 is 0 Å². The molecule has 0 heterocycles. The van der Waals surface area contributed by atoms with Crippen molar-refractivity contribution < 1.29 is 13.2 Å². The van der Waals surface area contributed by atoms with Gasteiger partial charge in [-0.15, -0.1) is 0 Å². The van der Waals surface area contributed by atoms with Gasteiger partial charge >= 0.3 is 5.38 Å². The summed E-state index contributed by atoms with van der Waals surface area (Å²) in [5.41, 5.74) is -0.835. The van der Waals surface area contributed by atoms with Crippen LogP contribution >= 0.6 is 34.8 Å². The van der Waals surface area contributed by atoms with Crippen LogP contribution in [0.25, 0.3) is 0 Å². The highest BCUT2D eigenvalue weighted by Crippen LogP contribution is 2.39. The molecule has 0 unspecified atom stereocenters. The van der Waals surface area contributed by atoms with Crippen LogP contribution in [0.3, 0.4) is 0 Å². The molecule has 0 saturated heterocycles. The Morgan fingerprint density at radius 2 is 1.43 bits per heavy atom. The Labute approximate surface area is 93.6 Å². The third kappa shape index (κ3) is 2.94. The molecule has 0 aliphatic carbocycles. The Morgan fingerprint density at radius 1 is 0.929 bits per heavy atom. The average molecular weight is 263 g/mol. The van der Waals surface area contributed by atoms with E-state index in [4.69, 9.17) is 34.8 Å². The summed E-state index contributed by atoms with van der Waals surface area (Å²) in [4.78, 5) is 0. The second-order valence-corrected chi connectivity index (χ2v) is 4.29. The summed E-state index contributed by atoms with van der Waals surface area (Å²) in [6.07, 6.45) is 0. The predicted molar refractivity (Wildman–Crippen MR) is 50.7 cm³/mol. The zero-order chi connectivity index (χ0) is 11.0. The van der Waals surface area contributed by atoms with Gasteiger partial charge in [0, 0.05) is 11.1 Å². The molecule has 0 bridgehead atoms. The van der Waals surface area contributed by atoms with Crippen LogP contribution in [0.5, 0.6) is 0 Å². The lowest BCUT2D eigenvalue weighted by atomic mass is 10.1. The van der Waals surface area contributed by atoms with Crippen LogP contribution in [0.2, 0.25) is 0 Å². The molecule has 0 fully saturated rings. The molecular formula is C8H4Cl3F3. The molecule has 1 rings (SSSR count). The number of rotatable bonds is 2. The lowest BCUT2D eigenvalue weighted by Crippen LogP contribution is -2.07. The largest absolute Gasteiger partial charge is 0.348 e. The molecule has 0 aromatic heterocycles. The van der Waals surface area contributed by atoms with E-state index in [0.717, 1.165) is 12.1 Å². The molecule has 0 amide bonds. The van der Waals surface area contributed by atoms with Crippen molar-refractivity contribution in [3.63, 3.8) is 0 Å². The summed E-state index contributed by atoms with van der Waals surface area (Å²) < 4.78 is 35.4. The molecule has 0 atom stereocenters. The monoisotopic (exact) mass is 262 g/mol. The first-order valence-corrected chi connectivity index (χ1v) is 4.59. The summed E-state index contributed by atoms with van der Waals surface area (Å²) >= 11 is 14.9. The summed E-state index contributed by atoms with van der Waals surface area (Å²) in [6.45, 7) is 0. The molecule has 1 aromatic rings. The van der Waals surface area contributed by atoms with Crippen molar-refractivity contribution in [1.82, 2.24) is 0 Å². The number of benzene rings is 1. The van der Waals surface area contributed by atoms with Gasteiger partial charge in [-0.2, -0.15) is 8.78 Å². The van der Waals surface area contributed by atoms with Gasteiger partial charge in [0.15, 0.2) is 0 Å². The van der Waals surface area contributed by atoms with Gasteiger partial charge in [0.1, 0.15) is 0 Å². The van der Waals surface area contributed by atoms with Crippen molar-refractivity contribution in [3.05, 3.63) is 35.4 Å². The second-order valence-electron chi connectivity index (χ2n) is 2.58. The van der Waals surface area contributed by atoms with E-state index in [9.17, 15) is 13.2 Å². The molecule has 78 valence electrons. The van der Waals surface area contributed by atoms with Gasteiger partial charge in [0.2, 0.25) is 0 Å². The molecule has 0 aliphatic rings. The fourth-order valence-electron chi connectivity index (χ4n) is 0.872. The van der Waals surface area contributed by atoms with Crippen LogP contribution in [-0.2, 0) is 9.97 Å². The number of alkyl halides is 6. The van der Waals surface area contributed by atoms with Crippen LogP contribution in [-0.4, -0.2) is 0 Å². The van der Waals surface area contributed by atoms with Crippen molar-refractivity contribution in [2.75, 3.05) is 0 Å². The molecule has 1 aromatic carbocycles. The van der Waals surface area contributed by atoms with Crippen molar-refractivity contribution in [3.8, 4) is 0 Å². The molecule has 0 saturated carbocycles. The lowest BCUT2D eigenvalue weighted by molar-refractivity contribution is 0.0949. The summed E-state index contributed by atoms with van der Waals surface area (Å²) in [7, 11) is 0. The van der Waals surface area contributed by atoms with Crippen molar-refractivity contribution in [1.29, 1.82) is 0 Å². The number of hydrogen-bond acceptors (Lipinski definition) is 0. The second kappa shape index (κ2) is 3.80. The molecule has 0 spiro atoms. The molecule has 0 N–H and O–H groups in total. The van der Waals surface area contributed by atoms with E-state index in [1.807, 2.05) is 0 Å². The van der Waals surface area contributed by atoms with Crippen molar-refractivity contribution in [2.45, 2.75) is 9.97 Å². The number of hydrogen-bond donors (Lipinski definition) is 0. The summed E-state index contributed by atoms with van der Waals surface area (Å²) in [5.74, 6) is 0. The van der Waals surface area contributed by atoms with Gasteiger partial charge in [0.05, 0.1) is 0 Å². The molecule has 6 heteroatoms. The fourth-order valence-corrected chi connectivity index (χ4v) is 1.22. The minimum Gasteiger partial charge on any atom is -0.203 e. The Kier molecular flexibility index (Phi) is 3.24. The molecule has 14 heavy (non-hydrogen) atoms. The van der Waals surface area contributed by atoms with Crippen molar-refractivity contribution in [2.24, 2.45) is 0 Å². The smallest absolute Gasteiger partial charge is 0.203 e. The minimum atomic E-state index is -3.56. The normalized spacial score (nSPS) is 13.0. The highest BCUT2D eigenvalue weighted by atomic mass is 35.5. The van der Waals surface area contributed by atoms with Crippen molar-refractivity contribution >= 4 is 34.8 Å².